The van der Waals surface area contributed by atoms with Crippen molar-refractivity contribution in [3.05, 3.63) is 54.4 Å². The number of anilines is 1. The zero-order valence-corrected chi connectivity index (χ0v) is 14.1. The van der Waals surface area contributed by atoms with Crippen LogP contribution in [-0.4, -0.2) is 23.4 Å². The summed E-state index contributed by atoms with van der Waals surface area (Å²) < 4.78 is 5.37. The Balaban J connectivity index is 1.45. The zero-order chi connectivity index (χ0) is 17.6. The molecule has 130 valence electrons. The molecule has 1 aliphatic rings. The molecule has 1 heterocycles. The molecule has 2 N–H and O–H groups in total. The number of carbonyl (C=O) groups is 2. The summed E-state index contributed by atoms with van der Waals surface area (Å²) >= 11 is 0. The summed E-state index contributed by atoms with van der Waals surface area (Å²) in [6.07, 6.45) is 3.98. The average Bonchev–Trinajstić information content (AvgIpc) is 3.43. The lowest BCUT2D eigenvalue weighted by atomic mass is 10.2. The third-order valence-corrected chi connectivity index (χ3v) is 4.09. The molecule has 0 aliphatic heterocycles. The number of hydrogen-bond acceptors (Lipinski definition) is 4. The fourth-order valence-corrected chi connectivity index (χ4v) is 2.63. The molecule has 1 aliphatic carbocycles. The van der Waals surface area contributed by atoms with Gasteiger partial charge in [-0.25, -0.2) is 0 Å². The number of pyridine rings is 1. The third kappa shape index (κ3) is 4.56. The molecule has 2 aromatic rings. The van der Waals surface area contributed by atoms with Gasteiger partial charge in [-0.3, -0.25) is 14.6 Å². The van der Waals surface area contributed by atoms with Gasteiger partial charge in [-0.15, -0.1) is 0 Å². The second kappa shape index (κ2) is 7.79. The standard InChI is InChI=1S/C19H21N3O3/c1-2-25-15-7-5-14(6-8-15)22-19(24)17-10-16(17)18(23)21-12-13-4-3-9-20-11-13/h3-9,11,16-17H,2,10,12H2,1H3,(H,21,23)(H,22,24). The lowest BCUT2D eigenvalue weighted by Crippen LogP contribution is -2.27. The van der Waals surface area contributed by atoms with E-state index in [9.17, 15) is 9.59 Å². The summed E-state index contributed by atoms with van der Waals surface area (Å²) in [5.74, 6) is 0.0424. The van der Waals surface area contributed by atoms with Gasteiger partial charge < -0.3 is 15.4 Å². The minimum atomic E-state index is -0.263. The highest BCUT2D eigenvalue weighted by atomic mass is 16.5. The first kappa shape index (κ1) is 17.0. The van der Waals surface area contributed by atoms with Crippen molar-refractivity contribution in [2.45, 2.75) is 19.9 Å². The number of nitrogens with one attached hydrogen (secondary N) is 2. The van der Waals surface area contributed by atoms with Gasteiger partial charge >= 0.3 is 0 Å². The van der Waals surface area contributed by atoms with E-state index in [1.54, 1.807) is 24.5 Å². The van der Waals surface area contributed by atoms with Crippen molar-refractivity contribution in [3.63, 3.8) is 0 Å². The number of nitrogens with zero attached hydrogens (tertiary/aromatic N) is 1. The summed E-state index contributed by atoms with van der Waals surface area (Å²) in [6, 6.07) is 10.9. The highest BCUT2D eigenvalue weighted by molar-refractivity contribution is 5.99. The molecule has 6 heteroatoms. The van der Waals surface area contributed by atoms with Gasteiger partial charge in [0.2, 0.25) is 11.8 Å². The number of benzene rings is 1. The summed E-state index contributed by atoms with van der Waals surface area (Å²) in [5, 5.41) is 5.70. The number of ether oxygens (including phenoxy) is 1. The molecule has 0 saturated heterocycles. The van der Waals surface area contributed by atoms with Gasteiger partial charge in [-0.2, -0.15) is 0 Å². The number of aromatic nitrogens is 1. The molecule has 2 amide bonds. The average molecular weight is 339 g/mol. The second-order valence-electron chi connectivity index (χ2n) is 5.97. The van der Waals surface area contributed by atoms with Crippen molar-refractivity contribution in [2.75, 3.05) is 11.9 Å². The number of hydrogen-bond donors (Lipinski definition) is 2. The Morgan fingerprint density at radius 2 is 1.92 bits per heavy atom. The van der Waals surface area contributed by atoms with Gasteiger partial charge in [0.1, 0.15) is 5.75 Å². The fourth-order valence-electron chi connectivity index (χ4n) is 2.63. The van der Waals surface area contributed by atoms with Crippen LogP contribution in [0.5, 0.6) is 5.75 Å². The van der Waals surface area contributed by atoms with Crippen LogP contribution < -0.4 is 15.4 Å². The van der Waals surface area contributed by atoms with E-state index < -0.39 is 0 Å². The minimum absolute atomic E-state index is 0.0873. The van der Waals surface area contributed by atoms with Gasteiger partial charge in [-0.1, -0.05) is 6.07 Å². The molecule has 3 rings (SSSR count). The van der Waals surface area contributed by atoms with E-state index in [0.717, 1.165) is 11.3 Å². The molecule has 1 fully saturated rings. The monoisotopic (exact) mass is 339 g/mol. The van der Waals surface area contributed by atoms with Crippen LogP contribution in [-0.2, 0) is 16.1 Å². The fraction of sp³-hybridized carbons (Fsp3) is 0.316. The van der Waals surface area contributed by atoms with E-state index in [2.05, 4.69) is 15.6 Å². The van der Waals surface area contributed by atoms with E-state index in [0.29, 0.717) is 25.3 Å². The van der Waals surface area contributed by atoms with Crippen LogP contribution in [0.1, 0.15) is 18.9 Å². The first-order valence-electron chi connectivity index (χ1n) is 8.37. The summed E-state index contributed by atoms with van der Waals surface area (Å²) in [5.41, 5.74) is 1.64. The highest BCUT2D eigenvalue weighted by Crippen LogP contribution is 2.39. The molecule has 2 unspecified atom stereocenters. The van der Waals surface area contributed by atoms with Crippen LogP contribution >= 0.6 is 0 Å². The smallest absolute Gasteiger partial charge is 0.228 e. The lowest BCUT2D eigenvalue weighted by molar-refractivity contribution is -0.125. The molecular formula is C19H21N3O3. The number of amides is 2. The van der Waals surface area contributed by atoms with E-state index >= 15 is 0 Å². The Bertz CT molecular complexity index is 731. The number of carbonyl (C=O) groups excluding carboxylic acids is 2. The SMILES string of the molecule is CCOc1ccc(NC(=O)C2CC2C(=O)NCc2cccnc2)cc1. The summed E-state index contributed by atoms with van der Waals surface area (Å²) in [6.45, 7) is 2.95. The maximum atomic E-state index is 12.2. The Hall–Kier alpha value is -2.89. The van der Waals surface area contributed by atoms with Crippen LogP contribution in [0.25, 0.3) is 0 Å². The Morgan fingerprint density at radius 3 is 2.60 bits per heavy atom. The maximum absolute atomic E-state index is 12.2. The molecule has 6 nitrogen and oxygen atoms in total. The van der Waals surface area contributed by atoms with Crippen molar-refractivity contribution >= 4 is 17.5 Å². The normalized spacial score (nSPS) is 18.3. The molecule has 0 spiro atoms. The molecule has 1 saturated carbocycles. The molecular weight excluding hydrogens is 318 g/mol. The first-order valence-corrected chi connectivity index (χ1v) is 8.37. The lowest BCUT2D eigenvalue weighted by Gasteiger charge is -2.07. The third-order valence-electron chi connectivity index (χ3n) is 4.09. The van der Waals surface area contributed by atoms with Crippen LogP contribution in [0.4, 0.5) is 5.69 Å². The van der Waals surface area contributed by atoms with E-state index in [-0.39, 0.29) is 23.7 Å². The predicted molar refractivity (Wildman–Crippen MR) is 93.9 cm³/mol. The molecule has 1 aromatic carbocycles. The largest absolute Gasteiger partial charge is 0.494 e. The van der Waals surface area contributed by atoms with Crippen LogP contribution in [0.15, 0.2) is 48.8 Å². The molecule has 1 aromatic heterocycles. The van der Waals surface area contributed by atoms with Crippen molar-refractivity contribution in [2.24, 2.45) is 11.8 Å². The molecule has 25 heavy (non-hydrogen) atoms. The quantitative estimate of drug-likeness (QED) is 0.811. The van der Waals surface area contributed by atoms with Crippen molar-refractivity contribution in [1.29, 1.82) is 0 Å². The van der Waals surface area contributed by atoms with E-state index in [1.165, 1.54) is 0 Å². The predicted octanol–water partition coefficient (Wildman–Crippen LogP) is 2.37. The van der Waals surface area contributed by atoms with Crippen LogP contribution in [0.3, 0.4) is 0 Å². The topological polar surface area (TPSA) is 80.3 Å². The van der Waals surface area contributed by atoms with E-state index in [1.807, 2.05) is 31.2 Å². The van der Waals surface area contributed by atoms with Crippen LogP contribution in [0, 0.1) is 11.8 Å². The van der Waals surface area contributed by atoms with Crippen LogP contribution in [0.2, 0.25) is 0 Å². The van der Waals surface area contributed by atoms with Crippen molar-refractivity contribution in [3.8, 4) is 5.75 Å². The second-order valence-corrected chi connectivity index (χ2v) is 5.97. The number of rotatable bonds is 7. The van der Waals surface area contributed by atoms with Crippen molar-refractivity contribution in [1.82, 2.24) is 10.3 Å². The maximum Gasteiger partial charge on any atom is 0.228 e. The minimum Gasteiger partial charge on any atom is -0.494 e. The first-order chi connectivity index (χ1) is 12.2. The van der Waals surface area contributed by atoms with Gasteiger partial charge in [0.05, 0.1) is 18.4 Å². The van der Waals surface area contributed by atoms with Gasteiger partial charge in [0.25, 0.3) is 0 Å². The highest BCUT2D eigenvalue weighted by Gasteiger charge is 2.47. The van der Waals surface area contributed by atoms with E-state index in [4.69, 9.17) is 4.74 Å². The molecule has 2 atom stereocenters. The Kier molecular flexibility index (Phi) is 5.28. The van der Waals surface area contributed by atoms with Gasteiger partial charge in [0, 0.05) is 24.6 Å². The summed E-state index contributed by atoms with van der Waals surface area (Å²) in [7, 11) is 0. The van der Waals surface area contributed by atoms with Crippen molar-refractivity contribution < 1.29 is 14.3 Å². The molecule has 0 bridgehead atoms. The van der Waals surface area contributed by atoms with Gasteiger partial charge in [0.15, 0.2) is 0 Å². The summed E-state index contributed by atoms with van der Waals surface area (Å²) in [4.78, 5) is 28.4. The Morgan fingerprint density at radius 1 is 1.16 bits per heavy atom. The zero-order valence-electron chi connectivity index (χ0n) is 14.1. The Labute approximate surface area is 146 Å². The van der Waals surface area contributed by atoms with Gasteiger partial charge in [-0.05, 0) is 49.2 Å². The molecule has 0 radical (unpaired) electrons.